The topological polar surface area (TPSA) is 64.7 Å². The molecule has 158 valence electrons. The monoisotopic (exact) mass is 405 g/mol. The van der Waals surface area contributed by atoms with Crippen molar-refractivity contribution in [3.8, 4) is 0 Å². The van der Waals surface area contributed by atoms with E-state index >= 15 is 0 Å². The van der Waals surface area contributed by atoms with Crippen molar-refractivity contribution in [2.75, 3.05) is 44.8 Å². The molecule has 0 bridgehead atoms. The van der Waals surface area contributed by atoms with Gasteiger partial charge in [-0.05, 0) is 42.2 Å². The SMILES string of the molecule is CN=C(NCCc1c[nH]c2cc(C)ccc12)NCc1ccccc1N1CCOCC1. The summed E-state index contributed by atoms with van der Waals surface area (Å²) >= 11 is 0. The maximum absolute atomic E-state index is 5.50. The second-order valence-electron chi connectivity index (χ2n) is 7.69. The molecule has 30 heavy (non-hydrogen) atoms. The minimum atomic E-state index is 0.736. The molecule has 2 heterocycles. The Balaban J connectivity index is 1.32. The van der Waals surface area contributed by atoms with Crippen LogP contribution in [0.2, 0.25) is 0 Å². The molecule has 0 aliphatic carbocycles. The van der Waals surface area contributed by atoms with Gasteiger partial charge in [-0.2, -0.15) is 0 Å². The number of aromatic amines is 1. The van der Waals surface area contributed by atoms with E-state index in [-0.39, 0.29) is 0 Å². The molecule has 0 spiro atoms. The molecular weight excluding hydrogens is 374 g/mol. The van der Waals surface area contributed by atoms with Crippen molar-refractivity contribution < 1.29 is 4.74 Å². The lowest BCUT2D eigenvalue weighted by molar-refractivity contribution is 0.122. The van der Waals surface area contributed by atoms with Crippen LogP contribution in [0.1, 0.15) is 16.7 Å². The van der Waals surface area contributed by atoms with Gasteiger partial charge in [-0.25, -0.2) is 0 Å². The molecule has 1 aromatic heterocycles. The number of nitrogens with zero attached hydrogens (tertiary/aromatic N) is 2. The van der Waals surface area contributed by atoms with Crippen LogP contribution >= 0.6 is 0 Å². The highest BCUT2D eigenvalue weighted by molar-refractivity contribution is 5.84. The lowest BCUT2D eigenvalue weighted by Crippen LogP contribution is -2.39. The number of guanidine groups is 1. The Hall–Kier alpha value is -2.99. The maximum atomic E-state index is 5.50. The van der Waals surface area contributed by atoms with Crippen molar-refractivity contribution in [1.29, 1.82) is 0 Å². The number of fused-ring (bicyclic) bond motifs is 1. The van der Waals surface area contributed by atoms with E-state index < -0.39 is 0 Å². The molecule has 4 rings (SSSR count). The number of aliphatic imine (C=N–C) groups is 1. The quantitative estimate of drug-likeness (QED) is 0.435. The average Bonchev–Trinajstić information content (AvgIpc) is 3.18. The fourth-order valence-electron chi connectivity index (χ4n) is 4.00. The van der Waals surface area contributed by atoms with Gasteiger partial charge in [0.15, 0.2) is 5.96 Å². The third-order valence-electron chi connectivity index (χ3n) is 5.62. The van der Waals surface area contributed by atoms with Crippen LogP contribution < -0.4 is 15.5 Å². The van der Waals surface area contributed by atoms with Crippen molar-refractivity contribution >= 4 is 22.5 Å². The molecule has 0 atom stereocenters. The Labute approximate surface area is 178 Å². The van der Waals surface area contributed by atoms with Crippen molar-refractivity contribution in [1.82, 2.24) is 15.6 Å². The van der Waals surface area contributed by atoms with Gasteiger partial charge in [0.1, 0.15) is 0 Å². The Morgan fingerprint density at radius 2 is 1.93 bits per heavy atom. The first kappa shape index (κ1) is 20.3. The second-order valence-corrected chi connectivity index (χ2v) is 7.69. The highest BCUT2D eigenvalue weighted by Gasteiger charge is 2.14. The molecule has 6 heteroatoms. The van der Waals surface area contributed by atoms with Crippen molar-refractivity contribution in [2.45, 2.75) is 19.9 Å². The Morgan fingerprint density at radius 1 is 1.10 bits per heavy atom. The number of para-hydroxylation sites is 1. The zero-order valence-corrected chi connectivity index (χ0v) is 17.9. The van der Waals surface area contributed by atoms with Crippen LogP contribution in [0, 0.1) is 6.92 Å². The standard InChI is InChI=1S/C24H31N5O/c1-18-7-8-21-19(16-27-22(21)15-18)9-10-26-24(25-2)28-17-20-5-3-4-6-23(20)29-11-13-30-14-12-29/h3-8,15-16,27H,9-14,17H2,1-2H3,(H2,25,26,28). The normalized spacial score (nSPS) is 14.9. The summed E-state index contributed by atoms with van der Waals surface area (Å²) in [4.78, 5) is 10.2. The van der Waals surface area contributed by atoms with E-state index in [0.29, 0.717) is 0 Å². The van der Waals surface area contributed by atoms with Crippen LogP contribution in [0.5, 0.6) is 0 Å². The number of H-pyrrole nitrogens is 1. The van der Waals surface area contributed by atoms with Crippen LogP contribution in [0.4, 0.5) is 5.69 Å². The van der Waals surface area contributed by atoms with E-state index in [9.17, 15) is 0 Å². The number of morpholine rings is 1. The van der Waals surface area contributed by atoms with Gasteiger partial charge in [0.05, 0.1) is 13.2 Å². The molecule has 1 aliphatic rings. The number of ether oxygens (including phenoxy) is 1. The second kappa shape index (κ2) is 9.67. The summed E-state index contributed by atoms with van der Waals surface area (Å²) in [5, 5.41) is 8.20. The van der Waals surface area contributed by atoms with Crippen molar-refractivity contribution in [3.63, 3.8) is 0 Å². The number of anilines is 1. The molecule has 3 N–H and O–H groups in total. The fourth-order valence-corrected chi connectivity index (χ4v) is 4.00. The van der Waals surface area contributed by atoms with Gasteiger partial charge in [-0.3, -0.25) is 4.99 Å². The Morgan fingerprint density at radius 3 is 2.77 bits per heavy atom. The van der Waals surface area contributed by atoms with E-state index in [1.165, 1.54) is 33.3 Å². The largest absolute Gasteiger partial charge is 0.378 e. The first-order valence-electron chi connectivity index (χ1n) is 10.7. The Bertz CT molecular complexity index is 1000. The first-order valence-corrected chi connectivity index (χ1v) is 10.7. The van der Waals surface area contributed by atoms with Gasteiger partial charge >= 0.3 is 0 Å². The zero-order chi connectivity index (χ0) is 20.8. The van der Waals surface area contributed by atoms with Crippen LogP contribution in [0.15, 0.2) is 53.7 Å². The fraction of sp³-hybridized carbons (Fsp3) is 0.375. The summed E-state index contributed by atoms with van der Waals surface area (Å²) in [7, 11) is 1.82. The van der Waals surface area contributed by atoms with Gasteiger partial charge < -0.3 is 25.3 Å². The van der Waals surface area contributed by atoms with E-state index in [2.05, 4.69) is 81.1 Å². The molecule has 1 saturated heterocycles. The predicted octanol–water partition coefficient (Wildman–Crippen LogP) is 3.22. The van der Waals surface area contributed by atoms with E-state index in [0.717, 1.165) is 51.8 Å². The minimum Gasteiger partial charge on any atom is -0.378 e. The van der Waals surface area contributed by atoms with Crippen LogP contribution in [-0.2, 0) is 17.7 Å². The Kier molecular flexibility index (Phi) is 6.54. The lowest BCUT2D eigenvalue weighted by Gasteiger charge is -2.30. The molecule has 0 amide bonds. The van der Waals surface area contributed by atoms with E-state index in [4.69, 9.17) is 4.74 Å². The summed E-state index contributed by atoms with van der Waals surface area (Å²) in [6.07, 6.45) is 3.05. The van der Waals surface area contributed by atoms with Crippen LogP contribution in [-0.4, -0.2) is 50.8 Å². The predicted molar refractivity (Wildman–Crippen MR) is 124 cm³/mol. The molecule has 1 fully saturated rings. The first-order chi connectivity index (χ1) is 14.7. The highest BCUT2D eigenvalue weighted by Crippen LogP contribution is 2.21. The molecule has 1 aliphatic heterocycles. The molecule has 0 radical (unpaired) electrons. The van der Waals surface area contributed by atoms with Gasteiger partial charge in [0, 0.05) is 56.0 Å². The van der Waals surface area contributed by atoms with Crippen LogP contribution in [0.25, 0.3) is 10.9 Å². The zero-order valence-electron chi connectivity index (χ0n) is 17.9. The van der Waals surface area contributed by atoms with Gasteiger partial charge in [-0.1, -0.05) is 30.3 Å². The van der Waals surface area contributed by atoms with Gasteiger partial charge in [-0.15, -0.1) is 0 Å². The number of hydrogen-bond acceptors (Lipinski definition) is 3. The van der Waals surface area contributed by atoms with E-state index in [1.807, 2.05) is 7.05 Å². The summed E-state index contributed by atoms with van der Waals surface area (Å²) in [6, 6.07) is 15.1. The highest BCUT2D eigenvalue weighted by atomic mass is 16.5. The van der Waals surface area contributed by atoms with Gasteiger partial charge in [0.2, 0.25) is 0 Å². The molecule has 0 unspecified atom stereocenters. The summed E-state index contributed by atoms with van der Waals surface area (Å²) in [5.41, 5.74) is 6.35. The summed E-state index contributed by atoms with van der Waals surface area (Å²) in [5.74, 6) is 0.822. The molecule has 3 aromatic rings. The van der Waals surface area contributed by atoms with Crippen molar-refractivity contribution in [2.24, 2.45) is 4.99 Å². The number of rotatable bonds is 6. The third kappa shape index (κ3) is 4.76. The smallest absolute Gasteiger partial charge is 0.191 e. The molecule has 0 saturated carbocycles. The number of aromatic nitrogens is 1. The van der Waals surface area contributed by atoms with Crippen molar-refractivity contribution in [3.05, 3.63) is 65.4 Å². The average molecular weight is 406 g/mol. The molecular formula is C24H31N5O. The minimum absolute atomic E-state index is 0.736. The lowest BCUT2D eigenvalue weighted by atomic mass is 10.1. The number of aryl methyl sites for hydroxylation is 1. The number of hydrogen-bond donors (Lipinski definition) is 3. The van der Waals surface area contributed by atoms with Crippen LogP contribution in [0.3, 0.4) is 0 Å². The van der Waals surface area contributed by atoms with Gasteiger partial charge in [0.25, 0.3) is 0 Å². The number of benzene rings is 2. The maximum Gasteiger partial charge on any atom is 0.191 e. The summed E-state index contributed by atoms with van der Waals surface area (Å²) < 4.78 is 5.50. The third-order valence-corrected chi connectivity index (χ3v) is 5.62. The summed E-state index contributed by atoms with van der Waals surface area (Å²) in [6.45, 7) is 7.14. The number of nitrogens with one attached hydrogen (secondary N) is 3. The molecule has 2 aromatic carbocycles. The van der Waals surface area contributed by atoms with E-state index in [1.54, 1.807) is 0 Å². The molecule has 6 nitrogen and oxygen atoms in total.